The normalized spacial score (nSPS) is 8.87. The minimum absolute atomic E-state index is 0.240. The van der Waals surface area contributed by atoms with E-state index < -0.39 is 0 Å². The number of hydrogen-bond acceptors (Lipinski definition) is 1. The summed E-state index contributed by atoms with van der Waals surface area (Å²) in [7, 11) is 0. The first-order valence-electron chi connectivity index (χ1n) is 5.08. The van der Waals surface area contributed by atoms with Gasteiger partial charge in [0, 0.05) is 6.61 Å². The van der Waals surface area contributed by atoms with Crippen molar-refractivity contribution in [3.8, 4) is 0 Å². The minimum atomic E-state index is 0.240. The third-order valence-corrected chi connectivity index (χ3v) is 1.91. The molecule has 0 aliphatic heterocycles. The minimum Gasteiger partial charge on any atom is -0.396 e. The quantitative estimate of drug-likeness (QED) is 0.790. The van der Waals surface area contributed by atoms with E-state index in [1.165, 1.54) is 5.56 Å². The first-order valence-corrected chi connectivity index (χ1v) is 5.08. The molecule has 0 amide bonds. The average molecular weight is 200 g/mol. The molecule has 0 saturated heterocycles. The van der Waals surface area contributed by atoms with Crippen molar-refractivity contribution < 1.29 is 5.11 Å². The highest BCUT2D eigenvalue weighted by molar-refractivity contribution is 5.14. The molecule has 2 aromatic carbocycles. The summed E-state index contributed by atoms with van der Waals surface area (Å²) in [5, 5.41) is 8.52. The Morgan fingerprint density at radius 1 is 0.667 bits per heavy atom. The van der Waals surface area contributed by atoms with Crippen LogP contribution >= 0.6 is 0 Å². The highest BCUT2D eigenvalue weighted by Crippen LogP contribution is 1.97. The molecule has 0 radical (unpaired) electrons. The summed E-state index contributed by atoms with van der Waals surface area (Å²) in [5.41, 5.74) is 1.19. The highest BCUT2D eigenvalue weighted by Gasteiger charge is 1.85. The summed E-state index contributed by atoms with van der Waals surface area (Å²) in [6.45, 7) is 0.240. The molecule has 0 bridgehead atoms. The fourth-order valence-electron chi connectivity index (χ4n) is 1.16. The van der Waals surface area contributed by atoms with Gasteiger partial charge in [0.2, 0.25) is 0 Å². The second kappa shape index (κ2) is 7.77. The van der Waals surface area contributed by atoms with Gasteiger partial charge in [-0.25, -0.2) is 0 Å². The molecular weight excluding hydrogens is 184 g/mol. The summed E-state index contributed by atoms with van der Waals surface area (Å²) >= 11 is 0. The van der Waals surface area contributed by atoms with Crippen LogP contribution in [0.1, 0.15) is 5.56 Å². The van der Waals surface area contributed by atoms with Crippen molar-refractivity contribution in [1.29, 1.82) is 0 Å². The van der Waals surface area contributed by atoms with E-state index in [0.717, 1.165) is 6.42 Å². The zero-order valence-electron chi connectivity index (χ0n) is 8.71. The van der Waals surface area contributed by atoms with Gasteiger partial charge in [-0.05, 0) is 12.0 Å². The molecule has 0 atom stereocenters. The molecule has 1 heteroatoms. The Labute approximate surface area is 91.0 Å². The Kier molecular flexibility index (Phi) is 5.95. The predicted octanol–water partition coefficient (Wildman–Crippen LogP) is 2.91. The summed E-state index contributed by atoms with van der Waals surface area (Å²) in [6.07, 6.45) is 0.765. The summed E-state index contributed by atoms with van der Waals surface area (Å²) in [4.78, 5) is 0. The van der Waals surface area contributed by atoms with Crippen molar-refractivity contribution in [3.05, 3.63) is 72.3 Å². The van der Waals surface area contributed by atoms with Crippen molar-refractivity contribution in [2.75, 3.05) is 6.61 Å². The molecule has 0 unspecified atom stereocenters. The fraction of sp³-hybridized carbons (Fsp3) is 0.143. The number of benzene rings is 2. The van der Waals surface area contributed by atoms with Crippen LogP contribution in [0, 0.1) is 0 Å². The Morgan fingerprint density at radius 2 is 1.07 bits per heavy atom. The molecule has 2 aromatic rings. The molecule has 1 N–H and O–H groups in total. The summed E-state index contributed by atoms with van der Waals surface area (Å²) in [6, 6.07) is 21.9. The predicted molar refractivity (Wildman–Crippen MR) is 63.7 cm³/mol. The second-order valence-electron chi connectivity index (χ2n) is 3.11. The Morgan fingerprint density at radius 3 is 1.47 bits per heavy atom. The van der Waals surface area contributed by atoms with E-state index in [9.17, 15) is 0 Å². The van der Waals surface area contributed by atoms with Gasteiger partial charge in [0.05, 0.1) is 0 Å². The molecular formula is C14H16O. The molecule has 0 fully saturated rings. The number of rotatable bonds is 2. The molecule has 2 rings (SSSR count). The lowest BCUT2D eigenvalue weighted by atomic mass is 10.2. The van der Waals surface area contributed by atoms with Crippen LogP contribution in [0.15, 0.2) is 66.7 Å². The van der Waals surface area contributed by atoms with Crippen LogP contribution in [0.4, 0.5) is 0 Å². The van der Waals surface area contributed by atoms with Crippen LogP contribution in [-0.4, -0.2) is 11.7 Å². The topological polar surface area (TPSA) is 20.2 Å². The Bertz CT molecular complexity index is 302. The van der Waals surface area contributed by atoms with Gasteiger partial charge in [-0.1, -0.05) is 66.7 Å². The van der Waals surface area contributed by atoms with Crippen molar-refractivity contribution in [2.45, 2.75) is 6.42 Å². The number of hydrogen-bond donors (Lipinski definition) is 1. The summed E-state index contributed by atoms with van der Waals surface area (Å²) in [5.74, 6) is 0. The molecule has 0 heterocycles. The van der Waals surface area contributed by atoms with Gasteiger partial charge < -0.3 is 5.11 Å². The van der Waals surface area contributed by atoms with Gasteiger partial charge >= 0.3 is 0 Å². The maximum atomic E-state index is 8.52. The molecule has 0 saturated carbocycles. The van der Waals surface area contributed by atoms with Crippen molar-refractivity contribution in [2.24, 2.45) is 0 Å². The van der Waals surface area contributed by atoms with E-state index in [-0.39, 0.29) is 6.61 Å². The molecule has 0 aliphatic rings. The maximum absolute atomic E-state index is 8.52. The lowest BCUT2D eigenvalue weighted by molar-refractivity contribution is 0.299. The standard InChI is InChI=1S/C8H10O.C6H6/c9-7-6-8-4-2-1-3-5-8;1-2-4-6-5-3-1/h1-5,9H,6-7H2;1-6H. The zero-order valence-corrected chi connectivity index (χ0v) is 8.71. The average Bonchev–Trinajstić information content (AvgIpc) is 2.34. The van der Waals surface area contributed by atoms with Crippen molar-refractivity contribution in [1.82, 2.24) is 0 Å². The molecule has 0 aliphatic carbocycles. The van der Waals surface area contributed by atoms with Gasteiger partial charge in [-0.15, -0.1) is 0 Å². The zero-order chi connectivity index (χ0) is 10.8. The number of aliphatic hydroxyl groups excluding tert-OH is 1. The van der Waals surface area contributed by atoms with E-state index in [4.69, 9.17) is 5.11 Å². The first-order chi connectivity index (χ1) is 7.43. The van der Waals surface area contributed by atoms with Crippen LogP contribution in [0.5, 0.6) is 0 Å². The number of aliphatic hydroxyl groups is 1. The maximum Gasteiger partial charge on any atom is 0.0471 e. The van der Waals surface area contributed by atoms with Crippen molar-refractivity contribution in [3.63, 3.8) is 0 Å². The van der Waals surface area contributed by atoms with Gasteiger partial charge in [0.15, 0.2) is 0 Å². The van der Waals surface area contributed by atoms with Crippen LogP contribution in [0.25, 0.3) is 0 Å². The molecule has 15 heavy (non-hydrogen) atoms. The van der Waals surface area contributed by atoms with Crippen LogP contribution in [-0.2, 0) is 6.42 Å². The van der Waals surface area contributed by atoms with E-state index >= 15 is 0 Å². The smallest absolute Gasteiger partial charge is 0.0471 e. The van der Waals surface area contributed by atoms with E-state index in [1.807, 2.05) is 66.7 Å². The molecule has 0 spiro atoms. The van der Waals surface area contributed by atoms with Gasteiger partial charge in [0.25, 0.3) is 0 Å². The molecule has 0 aromatic heterocycles. The lowest BCUT2D eigenvalue weighted by Gasteiger charge is -1.93. The van der Waals surface area contributed by atoms with Gasteiger partial charge in [-0.3, -0.25) is 0 Å². The van der Waals surface area contributed by atoms with E-state index in [2.05, 4.69) is 0 Å². The van der Waals surface area contributed by atoms with Crippen LogP contribution < -0.4 is 0 Å². The highest BCUT2D eigenvalue weighted by atomic mass is 16.2. The van der Waals surface area contributed by atoms with Crippen LogP contribution in [0.2, 0.25) is 0 Å². The van der Waals surface area contributed by atoms with Gasteiger partial charge in [-0.2, -0.15) is 0 Å². The second-order valence-corrected chi connectivity index (χ2v) is 3.11. The van der Waals surface area contributed by atoms with Crippen molar-refractivity contribution >= 4 is 0 Å². The Hall–Kier alpha value is -1.60. The fourth-order valence-corrected chi connectivity index (χ4v) is 1.16. The third-order valence-electron chi connectivity index (χ3n) is 1.91. The first kappa shape index (κ1) is 11.5. The Balaban J connectivity index is 0.000000162. The third kappa shape index (κ3) is 5.66. The molecule has 78 valence electrons. The SMILES string of the molecule is OCCc1ccccc1.c1ccccc1. The van der Waals surface area contributed by atoms with E-state index in [0.29, 0.717) is 0 Å². The summed E-state index contributed by atoms with van der Waals surface area (Å²) < 4.78 is 0. The van der Waals surface area contributed by atoms with E-state index in [1.54, 1.807) is 0 Å². The molecule has 1 nitrogen and oxygen atoms in total. The lowest BCUT2D eigenvalue weighted by Crippen LogP contribution is -1.88. The van der Waals surface area contributed by atoms with Gasteiger partial charge in [0.1, 0.15) is 0 Å². The monoisotopic (exact) mass is 200 g/mol. The largest absolute Gasteiger partial charge is 0.396 e. The van der Waals surface area contributed by atoms with Crippen LogP contribution in [0.3, 0.4) is 0 Å².